The number of para-hydroxylation sites is 1. The van der Waals surface area contributed by atoms with E-state index in [1.54, 1.807) is 18.4 Å². The smallest absolute Gasteiger partial charge is 0.338 e. The maximum atomic E-state index is 13.9. The van der Waals surface area contributed by atoms with Gasteiger partial charge in [0.05, 0.1) is 28.5 Å². The van der Waals surface area contributed by atoms with Crippen LogP contribution < -0.4 is 19.6 Å². The van der Waals surface area contributed by atoms with E-state index < -0.39 is 12.0 Å². The highest BCUT2D eigenvalue weighted by Gasteiger charge is 2.33. The molecule has 0 bridgehead atoms. The lowest BCUT2D eigenvalue weighted by molar-refractivity contribution is -0.139. The molecule has 0 unspecified atom stereocenters. The summed E-state index contributed by atoms with van der Waals surface area (Å²) >= 11 is 1.30. The van der Waals surface area contributed by atoms with Crippen LogP contribution in [0.4, 0.5) is 0 Å². The lowest BCUT2D eigenvalue weighted by Crippen LogP contribution is -2.39. The summed E-state index contributed by atoms with van der Waals surface area (Å²) in [5.74, 6) is 0.217. The maximum absolute atomic E-state index is 13.9. The average molecular weight is 525 g/mol. The van der Waals surface area contributed by atoms with Gasteiger partial charge < -0.3 is 9.47 Å². The molecule has 2 heterocycles. The van der Waals surface area contributed by atoms with Crippen molar-refractivity contribution >= 4 is 23.4 Å². The fourth-order valence-electron chi connectivity index (χ4n) is 4.46. The van der Waals surface area contributed by atoms with Crippen molar-refractivity contribution in [2.45, 2.75) is 33.4 Å². The molecule has 1 aliphatic rings. The molecule has 0 fully saturated rings. The predicted octanol–water partition coefficient (Wildman–Crippen LogP) is 4.69. The van der Waals surface area contributed by atoms with E-state index in [9.17, 15) is 9.59 Å². The van der Waals surface area contributed by atoms with Gasteiger partial charge in [-0.1, -0.05) is 89.7 Å². The topological polar surface area (TPSA) is 69.9 Å². The zero-order chi connectivity index (χ0) is 26.6. The Kier molecular flexibility index (Phi) is 7.38. The summed E-state index contributed by atoms with van der Waals surface area (Å²) < 4.78 is 13.6. The van der Waals surface area contributed by atoms with Crippen molar-refractivity contribution in [2.75, 3.05) is 6.61 Å². The minimum Gasteiger partial charge on any atom is -0.488 e. The number of rotatable bonds is 7. The number of thiazole rings is 1. The Balaban J connectivity index is 1.61. The van der Waals surface area contributed by atoms with Crippen LogP contribution in [0.5, 0.6) is 5.75 Å². The molecule has 0 saturated heterocycles. The number of carbonyl (C=O) groups excluding carboxylic acids is 1. The Morgan fingerprint density at radius 3 is 2.45 bits per heavy atom. The van der Waals surface area contributed by atoms with Gasteiger partial charge in [0.15, 0.2) is 4.80 Å². The minimum absolute atomic E-state index is 0.216. The van der Waals surface area contributed by atoms with E-state index in [-0.39, 0.29) is 12.2 Å². The zero-order valence-electron chi connectivity index (χ0n) is 21.5. The van der Waals surface area contributed by atoms with E-state index >= 15 is 0 Å². The number of nitrogens with zero attached hydrogens (tertiary/aromatic N) is 2. The van der Waals surface area contributed by atoms with Crippen LogP contribution in [0.3, 0.4) is 0 Å². The van der Waals surface area contributed by atoms with Gasteiger partial charge in [-0.15, -0.1) is 0 Å². The number of allylic oxidation sites excluding steroid dienone is 1. The molecule has 0 spiro atoms. The standard InChI is InChI=1S/C31H28N2O4S/c1-4-36-30(35)27-21(3)32-31-33(28(27)23-16-14-20(2)15-17-23)29(34)26(38-31)18-24-12-8-9-13-25(24)37-19-22-10-6-5-7-11-22/h5-18,28H,4,19H2,1-3H3/b26-18-/t28-/m1/s1. The van der Waals surface area contributed by atoms with Crippen molar-refractivity contribution in [3.05, 3.63) is 132 Å². The Morgan fingerprint density at radius 2 is 1.71 bits per heavy atom. The molecule has 0 saturated carbocycles. The minimum atomic E-state index is -0.627. The lowest BCUT2D eigenvalue weighted by atomic mass is 9.95. The third-order valence-electron chi connectivity index (χ3n) is 6.35. The second-order valence-electron chi connectivity index (χ2n) is 9.03. The summed E-state index contributed by atoms with van der Waals surface area (Å²) in [7, 11) is 0. The first-order valence-electron chi connectivity index (χ1n) is 12.5. The maximum Gasteiger partial charge on any atom is 0.338 e. The number of aromatic nitrogens is 1. The van der Waals surface area contributed by atoms with E-state index in [1.807, 2.05) is 91.9 Å². The quantitative estimate of drug-likeness (QED) is 0.329. The van der Waals surface area contributed by atoms with Crippen LogP contribution >= 0.6 is 11.3 Å². The van der Waals surface area contributed by atoms with Gasteiger partial charge in [0.25, 0.3) is 5.56 Å². The van der Waals surface area contributed by atoms with Crippen LogP contribution in [0.25, 0.3) is 6.08 Å². The molecule has 0 radical (unpaired) electrons. The summed E-state index contributed by atoms with van der Waals surface area (Å²) in [4.78, 5) is 32.1. The molecule has 3 aromatic carbocycles. The Hall–Kier alpha value is -4.23. The van der Waals surface area contributed by atoms with Gasteiger partial charge in [-0.3, -0.25) is 9.36 Å². The summed E-state index contributed by atoms with van der Waals surface area (Å²) in [5.41, 5.74) is 4.48. The monoisotopic (exact) mass is 524 g/mol. The van der Waals surface area contributed by atoms with Crippen molar-refractivity contribution in [3.63, 3.8) is 0 Å². The Morgan fingerprint density at radius 1 is 1.00 bits per heavy atom. The van der Waals surface area contributed by atoms with Gasteiger partial charge in [0, 0.05) is 5.56 Å². The molecule has 0 aliphatic carbocycles. The van der Waals surface area contributed by atoms with Gasteiger partial charge in [-0.05, 0) is 44.0 Å². The number of esters is 1. The summed E-state index contributed by atoms with van der Waals surface area (Å²) in [6, 6.07) is 24.8. The SMILES string of the molecule is CCOC(=O)C1=C(C)N=c2s/c(=C\c3ccccc3OCc3ccccc3)c(=O)n2[C@@H]1c1ccc(C)cc1. The lowest BCUT2D eigenvalue weighted by Gasteiger charge is -2.24. The van der Waals surface area contributed by atoms with Crippen molar-refractivity contribution in [1.82, 2.24) is 4.57 Å². The highest BCUT2D eigenvalue weighted by molar-refractivity contribution is 7.07. The van der Waals surface area contributed by atoms with Gasteiger partial charge in [0.2, 0.25) is 0 Å². The zero-order valence-corrected chi connectivity index (χ0v) is 22.3. The van der Waals surface area contributed by atoms with Gasteiger partial charge >= 0.3 is 5.97 Å². The molecule has 0 N–H and O–H groups in total. The van der Waals surface area contributed by atoms with E-state index in [4.69, 9.17) is 9.47 Å². The molecule has 0 amide bonds. The molecule has 1 atom stereocenters. The number of aryl methyl sites for hydroxylation is 1. The van der Waals surface area contributed by atoms with E-state index in [1.165, 1.54) is 11.3 Å². The van der Waals surface area contributed by atoms with Crippen LogP contribution in [0.1, 0.15) is 42.1 Å². The predicted molar refractivity (Wildman–Crippen MR) is 149 cm³/mol. The molecule has 1 aliphatic heterocycles. The second-order valence-corrected chi connectivity index (χ2v) is 10.0. The third-order valence-corrected chi connectivity index (χ3v) is 7.34. The van der Waals surface area contributed by atoms with E-state index in [0.717, 1.165) is 22.3 Å². The number of fused-ring (bicyclic) bond motifs is 1. The van der Waals surface area contributed by atoms with Crippen molar-refractivity contribution in [1.29, 1.82) is 0 Å². The number of ether oxygens (including phenoxy) is 2. The Bertz CT molecular complexity index is 1680. The van der Waals surface area contributed by atoms with Gasteiger partial charge in [0.1, 0.15) is 12.4 Å². The van der Waals surface area contributed by atoms with Crippen LogP contribution in [-0.2, 0) is 16.1 Å². The van der Waals surface area contributed by atoms with Crippen LogP contribution in [0.2, 0.25) is 0 Å². The number of hydrogen-bond acceptors (Lipinski definition) is 6. The fraction of sp³-hybridized carbons (Fsp3) is 0.194. The van der Waals surface area contributed by atoms with Crippen LogP contribution in [-0.4, -0.2) is 17.1 Å². The largest absolute Gasteiger partial charge is 0.488 e. The molecule has 38 heavy (non-hydrogen) atoms. The molecule has 7 heteroatoms. The molecule has 1 aromatic heterocycles. The van der Waals surface area contributed by atoms with Gasteiger partial charge in [-0.25, -0.2) is 9.79 Å². The van der Waals surface area contributed by atoms with Crippen LogP contribution in [0, 0.1) is 6.92 Å². The highest BCUT2D eigenvalue weighted by Crippen LogP contribution is 2.31. The average Bonchev–Trinajstić information content (AvgIpc) is 3.22. The first kappa shape index (κ1) is 25.4. The highest BCUT2D eigenvalue weighted by atomic mass is 32.1. The summed E-state index contributed by atoms with van der Waals surface area (Å²) in [6.07, 6.45) is 1.83. The first-order chi connectivity index (χ1) is 18.5. The molecule has 4 aromatic rings. The third kappa shape index (κ3) is 5.10. The Labute approximate surface area is 224 Å². The van der Waals surface area contributed by atoms with Crippen LogP contribution in [0.15, 0.2) is 99.9 Å². The molecule has 6 nitrogen and oxygen atoms in total. The number of hydrogen-bond donors (Lipinski definition) is 0. The molecular formula is C31H28N2O4S. The fourth-order valence-corrected chi connectivity index (χ4v) is 5.50. The van der Waals surface area contributed by atoms with Crippen molar-refractivity contribution in [3.8, 4) is 5.75 Å². The van der Waals surface area contributed by atoms with Gasteiger partial charge in [-0.2, -0.15) is 0 Å². The van der Waals surface area contributed by atoms with Crippen molar-refractivity contribution in [2.24, 2.45) is 4.99 Å². The van der Waals surface area contributed by atoms with E-state index in [0.29, 0.717) is 33.0 Å². The first-order valence-corrected chi connectivity index (χ1v) is 13.3. The number of carbonyl (C=O) groups is 1. The summed E-state index contributed by atoms with van der Waals surface area (Å²) in [6.45, 7) is 6.21. The van der Waals surface area contributed by atoms with E-state index in [2.05, 4.69) is 4.99 Å². The second kappa shape index (κ2) is 11.0. The van der Waals surface area contributed by atoms with Crippen molar-refractivity contribution < 1.29 is 14.3 Å². The normalized spacial score (nSPS) is 15.1. The molecule has 5 rings (SSSR count). The molecule has 192 valence electrons. The summed E-state index contributed by atoms with van der Waals surface area (Å²) in [5, 5.41) is 0. The molecular weight excluding hydrogens is 496 g/mol. The number of benzene rings is 3.